The highest BCUT2D eigenvalue weighted by Crippen LogP contribution is 2.31. The average Bonchev–Trinajstić information content (AvgIpc) is 3.38. The number of carbonyl (C=O) groups is 5. The number of amides is 3. The van der Waals surface area contributed by atoms with E-state index in [4.69, 9.17) is 9.57 Å². The molecule has 0 aromatic carbocycles. The van der Waals surface area contributed by atoms with Crippen LogP contribution in [0.5, 0.6) is 0 Å². The Morgan fingerprint density at radius 1 is 1.18 bits per heavy atom. The van der Waals surface area contributed by atoms with Crippen molar-refractivity contribution in [2.45, 2.75) is 78.9 Å². The lowest BCUT2D eigenvalue weighted by Gasteiger charge is -2.34. The van der Waals surface area contributed by atoms with Crippen molar-refractivity contribution in [3.05, 3.63) is 16.1 Å². The highest BCUT2D eigenvalue weighted by atomic mass is 32.1. The van der Waals surface area contributed by atoms with E-state index in [1.165, 1.54) is 12.3 Å². The van der Waals surface area contributed by atoms with Gasteiger partial charge >= 0.3 is 11.9 Å². The Morgan fingerprint density at radius 2 is 1.79 bits per heavy atom. The number of thiazole rings is 1. The van der Waals surface area contributed by atoms with Crippen LogP contribution in [-0.2, 0) is 28.8 Å². The van der Waals surface area contributed by atoms with Gasteiger partial charge in [0.25, 0.3) is 11.8 Å². The first-order valence-corrected chi connectivity index (χ1v) is 12.3. The number of nitrogens with zero attached hydrogens (tertiary/aromatic N) is 3. The van der Waals surface area contributed by atoms with Crippen LogP contribution in [0.15, 0.2) is 5.38 Å². The number of hydrogen-bond acceptors (Lipinski definition) is 9. The van der Waals surface area contributed by atoms with Crippen molar-refractivity contribution in [2.24, 2.45) is 11.8 Å². The zero-order valence-corrected chi connectivity index (χ0v) is 21.3. The molecule has 1 unspecified atom stereocenters. The minimum atomic E-state index is -0.950. The van der Waals surface area contributed by atoms with Crippen molar-refractivity contribution in [1.29, 1.82) is 0 Å². The van der Waals surface area contributed by atoms with E-state index in [-0.39, 0.29) is 42.3 Å². The van der Waals surface area contributed by atoms with Gasteiger partial charge in [0.15, 0.2) is 11.8 Å². The van der Waals surface area contributed by atoms with Crippen molar-refractivity contribution >= 4 is 41.0 Å². The maximum absolute atomic E-state index is 12.8. The monoisotopic (exact) mass is 495 g/mol. The second-order valence-electron chi connectivity index (χ2n) is 8.90. The summed E-state index contributed by atoms with van der Waals surface area (Å²) in [4.78, 5) is 71.3. The van der Waals surface area contributed by atoms with Gasteiger partial charge in [0.2, 0.25) is 5.91 Å². The molecular weight excluding hydrogens is 462 g/mol. The lowest BCUT2D eigenvalue weighted by molar-refractivity contribution is -0.172. The van der Waals surface area contributed by atoms with Gasteiger partial charge in [-0.05, 0) is 11.8 Å². The Balaban J connectivity index is 2.19. The van der Waals surface area contributed by atoms with Gasteiger partial charge in [-0.3, -0.25) is 19.2 Å². The topological polar surface area (TPSA) is 123 Å². The predicted octanol–water partition coefficient (Wildman–Crippen LogP) is 3.28. The summed E-state index contributed by atoms with van der Waals surface area (Å²) in [5.41, 5.74) is -0.105. The minimum Gasteiger partial charge on any atom is -0.455 e. The lowest BCUT2D eigenvalue weighted by Crippen LogP contribution is -2.42. The molecule has 0 radical (unpaired) electrons. The second-order valence-corrected chi connectivity index (χ2v) is 9.79. The molecule has 188 valence electrons. The van der Waals surface area contributed by atoms with Gasteiger partial charge in [-0.15, -0.1) is 16.4 Å². The average molecular weight is 496 g/mol. The maximum Gasteiger partial charge on any atom is 0.382 e. The largest absolute Gasteiger partial charge is 0.455 e. The van der Waals surface area contributed by atoms with Crippen LogP contribution >= 0.6 is 11.3 Å². The standard InChI is InChI=1S/C23H33N3O7S/c1-7-14(4)10-21(30)25(6)17(13(2)3)11-18(32-15(5)27)22-24-16(12-34-22)23(31)33-26-19(28)8-9-20(26)29/h12-14,17-18H,7-11H2,1-6H3/t14-,17?,18+/m0/s1. The molecule has 1 aromatic rings. The van der Waals surface area contributed by atoms with Crippen LogP contribution < -0.4 is 0 Å². The first-order chi connectivity index (χ1) is 15.9. The number of hydroxylamine groups is 2. The third-order valence-corrected chi connectivity index (χ3v) is 6.77. The van der Waals surface area contributed by atoms with E-state index in [9.17, 15) is 24.0 Å². The third-order valence-electron chi connectivity index (χ3n) is 5.83. The van der Waals surface area contributed by atoms with Gasteiger partial charge in [0, 0.05) is 51.1 Å². The van der Waals surface area contributed by atoms with Crippen molar-refractivity contribution in [2.75, 3.05) is 7.05 Å². The number of hydrogen-bond donors (Lipinski definition) is 0. The van der Waals surface area contributed by atoms with E-state index < -0.39 is 29.9 Å². The molecule has 1 saturated heterocycles. The molecule has 1 aliphatic rings. The van der Waals surface area contributed by atoms with Gasteiger partial charge in [-0.1, -0.05) is 34.1 Å². The third kappa shape index (κ3) is 7.09. The molecule has 0 bridgehead atoms. The van der Waals surface area contributed by atoms with Crippen molar-refractivity contribution in [3.63, 3.8) is 0 Å². The van der Waals surface area contributed by atoms with Crippen LogP contribution in [0.3, 0.4) is 0 Å². The van der Waals surface area contributed by atoms with Crippen LogP contribution in [-0.4, -0.2) is 57.7 Å². The summed E-state index contributed by atoms with van der Waals surface area (Å²) in [6.45, 7) is 9.31. The number of imide groups is 1. The summed E-state index contributed by atoms with van der Waals surface area (Å²) < 4.78 is 5.51. The fourth-order valence-electron chi connectivity index (χ4n) is 3.58. The van der Waals surface area contributed by atoms with Crippen molar-refractivity contribution in [3.8, 4) is 0 Å². The Morgan fingerprint density at radius 3 is 2.32 bits per heavy atom. The normalized spacial score (nSPS) is 16.4. The molecule has 0 aliphatic carbocycles. The number of rotatable bonds is 11. The van der Waals surface area contributed by atoms with E-state index in [2.05, 4.69) is 4.98 Å². The highest BCUT2D eigenvalue weighted by molar-refractivity contribution is 7.09. The van der Waals surface area contributed by atoms with Gasteiger partial charge < -0.3 is 14.5 Å². The van der Waals surface area contributed by atoms with Crippen LogP contribution in [0, 0.1) is 11.8 Å². The summed E-state index contributed by atoms with van der Waals surface area (Å²) in [7, 11) is 1.74. The quantitative estimate of drug-likeness (QED) is 0.338. The molecule has 34 heavy (non-hydrogen) atoms. The van der Waals surface area contributed by atoms with E-state index in [1.807, 2.05) is 27.7 Å². The van der Waals surface area contributed by atoms with Gasteiger partial charge in [0.05, 0.1) is 0 Å². The summed E-state index contributed by atoms with van der Waals surface area (Å²) >= 11 is 1.09. The van der Waals surface area contributed by atoms with Crippen molar-refractivity contribution in [1.82, 2.24) is 14.9 Å². The maximum atomic E-state index is 12.8. The molecule has 1 aliphatic heterocycles. The summed E-state index contributed by atoms with van der Waals surface area (Å²) in [6.07, 6.45) is 0.811. The Labute approximate surface area is 203 Å². The molecule has 1 aromatic heterocycles. The second kappa shape index (κ2) is 12.0. The van der Waals surface area contributed by atoms with E-state index in [0.717, 1.165) is 17.8 Å². The first kappa shape index (κ1) is 27.4. The molecular formula is C23H33N3O7S. The molecule has 0 spiro atoms. The fourth-order valence-corrected chi connectivity index (χ4v) is 4.41. The predicted molar refractivity (Wildman–Crippen MR) is 123 cm³/mol. The van der Waals surface area contributed by atoms with Crippen LogP contribution in [0.1, 0.15) is 88.3 Å². The lowest BCUT2D eigenvalue weighted by atomic mass is 9.95. The van der Waals surface area contributed by atoms with E-state index >= 15 is 0 Å². The van der Waals surface area contributed by atoms with Crippen molar-refractivity contribution < 1.29 is 33.5 Å². The number of esters is 1. The Hall–Kier alpha value is -2.82. The molecule has 10 nitrogen and oxygen atoms in total. The Bertz CT molecular complexity index is 913. The molecule has 2 rings (SSSR count). The first-order valence-electron chi connectivity index (χ1n) is 11.4. The van der Waals surface area contributed by atoms with Crippen LogP contribution in [0.2, 0.25) is 0 Å². The zero-order chi connectivity index (χ0) is 25.6. The van der Waals surface area contributed by atoms with E-state index in [1.54, 1.807) is 11.9 Å². The molecule has 0 saturated carbocycles. The molecule has 11 heteroatoms. The SMILES string of the molecule is CC[C@H](C)CC(=O)N(C)C(C[C@@H](OC(C)=O)c1nc(C(=O)ON2C(=O)CCC2=O)cs1)C(C)C. The number of carbonyl (C=O) groups excluding carboxylic acids is 5. The van der Waals surface area contributed by atoms with Crippen LogP contribution in [0.25, 0.3) is 0 Å². The number of ether oxygens (including phenoxy) is 1. The molecule has 1 fully saturated rings. The number of aromatic nitrogens is 1. The highest BCUT2D eigenvalue weighted by Gasteiger charge is 2.35. The van der Waals surface area contributed by atoms with Gasteiger partial charge in [0.1, 0.15) is 5.01 Å². The zero-order valence-electron chi connectivity index (χ0n) is 20.5. The fraction of sp³-hybridized carbons (Fsp3) is 0.652. The Kier molecular flexibility index (Phi) is 9.72. The molecule has 3 atom stereocenters. The van der Waals surface area contributed by atoms with E-state index in [0.29, 0.717) is 22.9 Å². The molecule has 3 amide bonds. The molecule has 0 N–H and O–H groups in total. The summed E-state index contributed by atoms with van der Waals surface area (Å²) in [6, 6.07) is -0.236. The smallest absolute Gasteiger partial charge is 0.382 e. The van der Waals surface area contributed by atoms with Gasteiger partial charge in [-0.2, -0.15) is 0 Å². The molecule has 2 heterocycles. The summed E-state index contributed by atoms with van der Waals surface area (Å²) in [5.74, 6) is -2.30. The van der Waals surface area contributed by atoms with Crippen LogP contribution in [0.4, 0.5) is 0 Å². The summed E-state index contributed by atoms with van der Waals surface area (Å²) in [5, 5.41) is 2.23. The van der Waals surface area contributed by atoms with Gasteiger partial charge in [-0.25, -0.2) is 9.78 Å². The minimum absolute atomic E-state index is 0.0111.